The molecule has 1 amide bonds. The Kier molecular flexibility index (Phi) is 5.65. The fourth-order valence-corrected chi connectivity index (χ4v) is 4.25. The lowest BCUT2D eigenvalue weighted by Gasteiger charge is -2.10. The third kappa shape index (κ3) is 4.76. The van der Waals surface area contributed by atoms with E-state index in [4.69, 9.17) is 0 Å². The van der Waals surface area contributed by atoms with Gasteiger partial charge in [-0.25, -0.2) is 15.0 Å². The Morgan fingerprint density at radius 1 is 1.24 bits per heavy atom. The summed E-state index contributed by atoms with van der Waals surface area (Å²) in [7, 11) is 0. The molecule has 2 heterocycles. The smallest absolute Gasteiger partial charge is 0.230 e. The first-order valence-electron chi connectivity index (χ1n) is 8.08. The van der Waals surface area contributed by atoms with Crippen LogP contribution >= 0.6 is 23.1 Å². The van der Waals surface area contributed by atoms with Crippen molar-refractivity contribution in [2.24, 2.45) is 0 Å². The number of aryl methyl sites for hydroxylation is 2. The highest BCUT2D eigenvalue weighted by Gasteiger charge is 2.13. The molecular formula is C18H20N4OS2. The van der Waals surface area contributed by atoms with Crippen molar-refractivity contribution in [2.45, 2.75) is 31.7 Å². The minimum atomic E-state index is 0.00637. The number of carbonyl (C=O) groups is 1. The van der Waals surface area contributed by atoms with Crippen molar-refractivity contribution in [3.63, 3.8) is 0 Å². The third-order valence-electron chi connectivity index (χ3n) is 3.63. The Labute approximate surface area is 155 Å². The monoisotopic (exact) mass is 372 g/mol. The number of benzene rings is 1. The summed E-state index contributed by atoms with van der Waals surface area (Å²) in [5.41, 5.74) is 1.94. The zero-order valence-electron chi connectivity index (χ0n) is 14.4. The van der Waals surface area contributed by atoms with Crippen LogP contribution in [0.15, 0.2) is 35.4 Å². The second-order valence-electron chi connectivity index (χ2n) is 5.91. The summed E-state index contributed by atoms with van der Waals surface area (Å²) >= 11 is 3.12. The average Bonchev–Trinajstić information content (AvgIpc) is 3.01. The Hall–Kier alpha value is -1.99. The first kappa shape index (κ1) is 17.8. The summed E-state index contributed by atoms with van der Waals surface area (Å²) < 4.78 is 1.18. The van der Waals surface area contributed by atoms with E-state index in [-0.39, 0.29) is 11.8 Å². The maximum Gasteiger partial charge on any atom is 0.230 e. The number of rotatable bonds is 6. The van der Waals surface area contributed by atoms with E-state index in [2.05, 4.69) is 33.3 Å². The minimum Gasteiger partial charge on any atom is -0.355 e. The number of amides is 1. The first-order chi connectivity index (χ1) is 12.0. The molecule has 1 N–H and O–H groups in total. The van der Waals surface area contributed by atoms with Crippen LogP contribution < -0.4 is 5.32 Å². The summed E-state index contributed by atoms with van der Waals surface area (Å²) in [5, 5.41) is 4.87. The minimum absolute atomic E-state index is 0.00637. The molecule has 0 aliphatic rings. The number of carbonyl (C=O) groups excluding carboxylic acids is 1. The van der Waals surface area contributed by atoms with Gasteiger partial charge in [-0.05, 0) is 32.0 Å². The Balaban J connectivity index is 1.51. The molecule has 0 aliphatic carbocycles. The van der Waals surface area contributed by atoms with Gasteiger partial charge in [0, 0.05) is 18.2 Å². The second-order valence-corrected chi connectivity index (χ2v) is 7.97. The van der Waals surface area contributed by atoms with E-state index >= 15 is 0 Å². The van der Waals surface area contributed by atoms with E-state index in [1.807, 2.05) is 38.1 Å². The van der Waals surface area contributed by atoms with Gasteiger partial charge in [0.1, 0.15) is 10.9 Å². The van der Waals surface area contributed by atoms with Crippen LogP contribution in [0.25, 0.3) is 10.2 Å². The third-order valence-corrected chi connectivity index (χ3v) is 5.81. The molecule has 0 fully saturated rings. The molecule has 7 heteroatoms. The van der Waals surface area contributed by atoms with Gasteiger partial charge >= 0.3 is 0 Å². The number of nitrogens with zero attached hydrogens (tertiary/aromatic N) is 3. The van der Waals surface area contributed by atoms with Crippen LogP contribution in [0.4, 0.5) is 0 Å². The molecule has 3 aromatic rings. The fraction of sp³-hybridized carbons (Fsp3) is 0.333. The van der Waals surface area contributed by atoms with Gasteiger partial charge in [-0.1, -0.05) is 30.8 Å². The van der Waals surface area contributed by atoms with Gasteiger partial charge in [0.2, 0.25) is 5.91 Å². The number of aromatic nitrogens is 3. The molecule has 1 aromatic carbocycles. The van der Waals surface area contributed by atoms with E-state index in [1.165, 1.54) is 16.5 Å². The van der Waals surface area contributed by atoms with Crippen molar-refractivity contribution in [3.05, 3.63) is 46.9 Å². The van der Waals surface area contributed by atoms with Gasteiger partial charge in [-0.15, -0.1) is 11.3 Å². The van der Waals surface area contributed by atoms with Crippen LogP contribution in [0.1, 0.15) is 29.4 Å². The molecule has 0 aliphatic heterocycles. The van der Waals surface area contributed by atoms with Crippen molar-refractivity contribution in [1.29, 1.82) is 0 Å². The number of fused-ring (bicyclic) bond motifs is 1. The number of para-hydroxylation sites is 1. The Morgan fingerprint density at radius 3 is 2.80 bits per heavy atom. The highest BCUT2D eigenvalue weighted by molar-refractivity contribution is 7.99. The van der Waals surface area contributed by atoms with Crippen molar-refractivity contribution in [3.8, 4) is 0 Å². The predicted molar refractivity (Wildman–Crippen MR) is 103 cm³/mol. The van der Waals surface area contributed by atoms with Gasteiger partial charge in [-0.2, -0.15) is 0 Å². The Bertz CT molecular complexity index is 840. The summed E-state index contributed by atoms with van der Waals surface area (Å²) in [6.45, 7) is 6.46. The summed E-state index contributed by atoms with van der Waals surface area (Å²) in [5.74, 6) is 1.27. The molecule has 0 spiro atoms. The SMILES string of the molecule is Cc1cc(SCC(=O)NCC(C)c2nc3ccccc3s2)nc(C)n1. The number of thiazole rings is 1. The van der Waals surface area contributed by atoms with Crippen molar-refractivity contribution >= 4 is 39.2 Å². The largest absolute Gasteiger partial charge is 0.355 e. The topological polar surface area (TPSA) is 67.8 Å². The number of thioether (sulfide) groups is 1. The fourth-order valence-electron chi connectivity index (χ4n) is 2.40. The van der Waals surface area contributed by atoms with Gasteiger partial charge in [0.15, 0.2) is 0 Å². The average molecular weight is 373 g/mol. The van der Waals surface area contributed by atoms with Gasteiger partial charge in [0.25, 0.3) is 0 Å². The molecule has 25 heavy (non-hydrogen) atoms. The van der Waals surface area contributed by atoms with Crippen molar-refractivity contribution < 1.29 is 4.79 Å². The second kappa shape index (κ2) is 7.93. The van der Waals surface area contributed by atoms with E-state index in [1.54, 1.807) is 11.3 Å². The lowest BCUT2D eigenvalue weighted by atomic mass is 10.2. The Morgan fingerprint density at radius 2 is 2.04 bits per heavy atom. The molecule has 0 saturated carbocycles. The van der Waals surface area contributed by atoms with Crippen LogP contribution in [0.3, 0.4) is 0 Å². The molecule has 0 bridgehead atoms. The molecule has 3 rings (SSSR count). The molecule has 0 radical (unpaired) electrons. The van der Waals surface area contributed by atoms with E-state index in [0.29, 0.717) is 12.3 Å². The van der Waals surface area contributed by atoms with Crippen LogP contribution in [0.5, 0.6) is 0 Å². The van der Waals surface area contributed by atoms with Crippen LogP contribution in [-0.2, 0) is 4.79 Å². The summed E-state index contributed by atoms with van der Waals surface area (Å²) in [6, 6.07) is 10.00. The zero-order valence-corrected chi connectivity index (χ0v) is 16.1. The molecule has 5 nitrogen and oxygen atoms in total. The molecular weight excluding hydrogens is 352 g/mol. The lowest BCUT2D eigenvalue weighted by Crippen LogP contribution is -2.29. The van der Waals surface area contributed by atoms with Gasteiger partial charge in [0.05, 0.1) is 21.0 Å². The molecule has 130 valence electrons. The maximum absolute atomic E-state index is 12.1. The number of nitrogens with one attached hydrogen (secondary N) is 1. The first-order valence-corrected chi connectivity index (χ1v) is 9.88. The molecule has 1 unspecified atom stereocenters. The zero-order chi connectivity index (χ0) is 17.8. The van der Waals surface area contributed by atoms with Crippen molar-refractivity contribution in [1.82, 2.24) is 20.3 Å². The highest BCUT2D eigenvalue weighted by atomic mass is 32.2. The molecule has 2 aromatic heterocycles. The molecule has 1 atom stereocenters. The normalized spacial score (nSPS) is 12.3. The van der Waals surface area contributed by atoms with E-state index in [9.17, 15) is 4.79 Å². The lowest BCUT2D eigenvalue weighted by molar-refractivity contribution is -0.118. The number of hydrogen-bond donors (Lipinski definition) is 1. The van der Waals surface area contributed by atoms with Gasteiger partial charge in [-0.3, -0.25) is 4.79 Å². The van der Waals surface area contributed by atoms with Crippen LogP contribution in [0.2, 0.25) is 0 Å². The van der Waals surface area contributed by atoms with E-state index in [0.717, 1.165) is 27.1 Å². The molecule has 0 saturated heterocycles. The summed E-state index contributed by atoms with van der Waals surface area (Å²) in [4.78, 5) is 25.3. The predicted octanol–water partition coefficient (Wildman–Crippen LogP) is 3.72. The van der Waals surface area contributed by atoms with Gasteiger partial charge < -0.3 is 5.32 Å². The van der Waals surface area contributed by atoms with Crippen LogP contribution in [-0.4, -0.2) is 33.2 Å². The quantitative estimate of drug-likeness (QED) is 0.528. The highest BCUT2D eigenvalue weighted by Crippen LogP contribution is 2.26. The number of hydrogen-bond acceptors (Lipinski definition) is 6. The summed E-state index contributed by atoms with van der Waals surface area (Å²) in [6.07, 6.45) is 0. The standard InChI is InChI=1S/C18H20N4OS2/c1-11(18-22-14-6-4-5-7-15(14)25-18)9-19-16(23)10-24-17-8-12(2)20-13(3)21-17/h4-8,11H,9-10H2,1-3H3,(H,19,23). The van der Waals surface area contributed by atoms with Crippen LogP contribution in [0, 0.1) is 13.8 Å². The maximum atomic E-state index is 12.1. The van der Waals surface area contributed by atoms with E-state index < -0.39 is 0 Å². The van der Waals surface area contributed by atoms with Crippen molar-refractivity contribution in [2.75, 3.05) is 12.3 Å².